The Morgan fingerprint density at radius 2 is 1.71 bits per heavy atom. The normalized spacial score (nSPS) is 13.9. The molecule has 0 aliphatic carbocycles. The van der Waals surface area contributed by atoms with Crippen molar-refractivity contribution in [2.24, 2.45) is 0 Å². The molecule has 0 aromatic heterocycles. The summed E-state index contributed by atoms with van der Waals surface area (Å²) in [4.78, 5) is 29.5. The summed E-state index contributed by atoms with van der Waals surface area (Å²) in [5, 5.41) is 9.39. The second-order valence-electron chi connectivity index (χ2n) is 7.57. The molecule has 7 heteroatoms. The fraction of sp³-hybridized carbons (Fsp3) is 0.333. The van der Waals surface area contributed by atoms with Crippen LogP contribution in [0.3, 0.4) is 0 Å². The van der Waals surface area contributed by atoms with Gasteiger partial charge in [-0.2, -0.15) is 0 Å². The third-order valence-corrected chi connectivity index (χ3v) is 5.00. The Bertz CT molecular complexity index is 982. The fourth-order valence-electron chi connectivity index (χ4n) is 3.56. The summed E-state index contributed by atoms with van der Waals surface area (Å²) in [5.41, 5.74) is 1.94. The van der Waals surface area contributed by atoms with Crippen molar-refractivity contribution >= 4 is 17.4 Å². The van der Waals surface area contributed by atoms with Gasteiger partial charge in [0.25, 0.3) is 11.8 Å². The summed E-state index contributed by atoms with van der Waals surface area (Å²) in [7, 11) is 3.25. The molecule has 0 atom stereocenters. The number of nitrogens with zero attached hydrogens (tertiary/aromatic N) is 2. The van der Waals surface area contributed by atoms with Gasteiger partial charge in [0.15, 0.2) is 0 Å². The zero-order valence-electron chi connectivity index (χ0n) is 18.3. The molecule has 0 fully saturated rings. The molecule has 2 aromatic carbocycles. The van der Waals surface area contributed by atoms with Crippen LogP contribution in [0.25, 0.3) is 5.57 Å². The molecule has 164 valence electrons. The van der Waals surface area contributed by atoms with E-state index in [1.54, 1.807) is 49.4 Å². The van der Waals surface area contributed by atoms with Crippen LogP contribution in [0, 0.1) is 0 Å². The van der Waals surface area contributed by atoms with Gasteiger partial charge < -0.3 is 19.5 Å². The predicted molar refractivity (Wildman–Crippen MR) is 117 cm³/mol. The molecular formula is C24H28N2O5. The van der Waals surface area contributed by atoms with Gasteiger partial charge >= 0.3 is 0 Å². The van der Waals surface area contributed by atoms with E-state index in [-0.39, 0.29) is 37.4 Å². The molecule has 1 heterocycles. The van der Waals surface area contributed by atoms with Gasteiger partial charge in [-0.3, -0.25) is 14.5 Å². The third kappa shape index (κ3) is 4.72. The Morgan fingerprint density at radius 1 is 1.03 bits per heavy atom. The first kappa shape index (κ1) is 22.4. The zero-order chi connectivity index (χ0) is 22.5. The monoisotopic (exact) mass is 424 g/mol. The van der Waals surface area contributed by atoms with Gasteiger partial charge in [-0.15, -0.1) is 0 Å². The van der Waals surface area contributed by atoms with E-state index in [0.717, 1.165) is 5.56 Å². The van der Waals surface area contributed by atoms with E-state index >= 15 is 0 Å². The van der Waals surface area contributed by atoms with Crippen molar-refractivity contribution < 1.29 is 24.2 Å². The number of hydrogen-bond donors (Lipinski definition) is 1. The molecule has 0 spiro atoms. The number of likely N-dealkylation sites (N-methyl/N-ethyl adjacent to an activating group) is 1. The van der Waals surface area contributed by atoms with Crippen LogP contribution >= 0.6 is 0 Å². The Labute approximate surface area is 182 Å². The van der Waals surface area contributed by atoms with Crippen molar-refractivity contribution in [2.75, 3.05) is 27.3 Å². The van der Waals surface area contributed by atoms with Crippen LogP contribution in [-0.4, -0.2) is 60.1 Å². The molecule has 1 N–H and O–H groups in total. The number of para-hydroxylation sites is 1. The lowest BCUT2D eigenvalue weighted by atomic mass is 10.0. The van der Waals surface area contributed by atoms with Crippen LogP contribution in [0.1, 0.15) is 25.0 Å². The molecule has 1 aliphatic rings. The number of methoxy groups -OCH3 is 1. The molecule has 0 bridgehead atoms. The number of aliphatic hydroxyl groups excluding tert-OH is 1. The molecule has 0 unspecified atom stereocenters. The molecule has 0 radical (unpaired) electrons. The highest BCUT2D eigenvalue weighted by molar-refractivity contribution is 6.35. The predicted octanol–water partition coefficient (Wildman–Crippen LogP) is 2.69. The maximum Gasteiger partial charge on any atom is 0.278 e. The number of rotatable bonds is 9. The summed E-state index contributed by atoms with van der Waals surface area (Å²) >= 11 is 0. The summed E-state index contributed by atoms with van der Waals surface area (Å²) in [6, 6.07) is 14.4. The summed E-state index contributed by atoms with van der Waals surface area (Å²) in [6.07, 6.45) is 0.0300. The first-order valence-electron chi connectivity index (χ1n) is 10.2. The lowest BCUT2D eigenvalue weighted by molar-refractivity contribution is -0.138. The maximum atomic E-state index is 13.4. The van der Waals surface area contributed by atoms with E-state index in [1.165, 1.54) is 4.90 Å². The minimum absolute atomic E-state index is 0.0300. The van der Waals surface area contributed by atoms with Gasteiger partial charge in [0, 0.05) is 19.2 Å². The quantitative estimate of drug-likeness (QED) is 0.624. The van der Waals surface area contributed by atoms with Crippen LogP contribution in [0.5, 0.6) is 11.5 Å². The zero-order valence-corrected chi connectivity index (χ0v) is 18.3. The molecule has 0 saturated heterocycles. The standard InChI is InChI=1S/C24H28N2O5/c1-16(2)31-19-11-9-17(10-12-19)21-22(25(3)13-14-27)24(29)26(23(21)28)15-18-7-5-6-8-20(18)30-4/h5-12,16,27H,13-15H2,1-4H3. The van der Waals surface area contributed by atoms with Gasteiger partial charge in [0.05, 0.1) is 31.9 Å². The summed E-state index contributed by atoms with van der Waals surface area (Å²) in [5.74, 6) is 0.516. The van der Waals surface area contributed by atoms with Crippen LogP contribution < -0.4 is 9.47 Å². The lowest BCUT2D eigenvalue weighted by Gasteiger charge is -2.21. The van der Waals surface area contributed by atoms with E-state index in [9.17, 15) is 14.7 Å². The second kappa shape index (κ2) is 9.66. The first-order valence-corrected chi connectivity index (χ1v) is 10.2. The molecule has 31 heavy (non-hydrogen) atoms. The number of ether oxygens (including phenoxy) is 2. The van der Waals surface area contributed by atoms with Crippen molar-refractivity contribution in [3.63, 3.8) is 0 Å². The highest BCUT2D eigenvalue weighted by atomic mass is 16.5. The summed E-state index contributed by atoms with van der Waals surface area (Å²) < 4.78 is 11.1. The highest BCUT2D eigenvalue weighted by Crippen LogP contribution is 2.34. The molecule has 7 nitrogen and oxygen atoms in total. The van der Waals surface area contributed by atoms with Crippen LogP contribution in [0.2, 0.25) is 0 Å². The molecule has 0 saturated carbocycles. The van der Waals surface area contributed by atoms with Crippen molar-refractivity contribution in [2.45, 2.75) is 26.5 Å². The van der Waals surface area contributed by atoms with Crippen molar-refractivity contribution in [1.82, 2.24) is 9.80 Å². The SMILES string of the molecule is COc1ccccc1CN1C(=O)C(c2ccc(OC(C)C)cc2)=C(N(C)CCO)C1=O. The minimum Gasteiger partial charge on any atom is -0.496 e. The van der Waals surface area contributed by atoms with Gasteiger partial charge in [-0.25, -0.2) is 0 Å². The van der Waals surface area contributed by atoms with Gasteiger partial charge in [0.1, 0.15) is 17.2 Å². The van der Waals surface area contributed by atoms with Gasteiger partial charge in [-0.05, 0) is 37.6 Å². The average Bonchev–Trinajstić information content (AvgIpc) is 2.99. The summed E-state index contributed by atoms with van der Waals surface area (Å²) in [6.45, 7) is 4.06. The number of carbonyl (C=O) groups excluding carboxylic acids is 2. The number of imide groups is 1. The van der Waals surface area contributed by atoms with Crippen molar-refractivity contribution in [3.8, 4) is 11.5 Å². The van der Waals surface area contributed by atoms with E-state index < -0.39 is 5.91 Å². The van der Waals surface area contributed by atoms with E-state index in [4.69, 9.17) is 9.47 Å². The smallest absolute Gasteiger partial charge is 0.278 e. The van der Waals surface area contributed by atoms with Gasteiger partial charge in [-0.1, -0.05) is 30.3 Å². The van der Waals surface area contributed by atoms with Crippen LogP contribution in [0.15, 0.2) is 54.2 Å². The number of amides is 2. The topological polar surface area (TPSA) is 79.3 Å². The number of aliphatic hydroxyl groups is 1. The average molecular weight is 424 g/mol. The van der Waals surface area contributed by atoms with Crippen LogP contribution in [0.4, 0.5) is 0 Å². The molecule has 1 aliphatic heterocycles. The Balaban J connectivity index is 1.99. The number of hydrogen-bond acceptors (Lipinski definition) is 6. The fourth-order valence-corrected chi connectivity index (χ4v) is 3.56. The minimum atomic E-state index is -0.399. The third-order valence-electron chi connectivity index (χ3n) is 5.00. The van der Waals surface area contributed by atoms with Crippen LogP contribution in [-0.2, 0) is 16.1 Å². The number of carbonyl (C=O) groups is 2. The molecule has 3 rings (SSSR count). The van der Waals surface area contributed by atoms with E-state index in [0.29, 0.717) is 22.6 Å². The van der Waals surface area contributed by atoms with Gasteiger partial charge in [0.2, 0.25) is 0 Å². The highest BCUT2D eigenvalue weighted by Gasteiger charge is 2.41. The molecular weight excluding hydrogens is 396 g/mol. The van der Waals surface area contributed by atoms with Crippen molar-refractivity contribution in [1.29, 1.82) is 0 Å². The molecule has 2 amide bonds. The maximum absolute atomic E-state index is 13.4. The first-order chi connectivity index (χ1) is 14.9. The Kier molecular flexibility index (Phi) is 6.97. The lowest BCUT2D eigenvalue weighted by Crippen LogP contribution is -2.34. The Morgan fingerprint density at radius 3 is 2.32 bits per heavy atom. The molecule has 2 aromatic rings. The second-order valence-corrected chi connectivity index (χ2v) is 7.57. The van der Waals surface area contributed by atoms with E-state index in [2.05, 4.69) is 0 Å². The van der Waals surface area contributed by atoms with E-state index in [1.807, 2.05) is 32.0 Å². The number of benzene rings is 2. The Hall–Kier alpha value is -3.32. The van der Waals surface area contributed by atoms with Crippen molar-refractivity contribution in [3.05, 3.63) is 65.4 Å². The largest absolute Gasteiger partial charge is 0.496 e.